The molecule has 0 aromatic heterocycles. The molecule has 0 bridgehead atoms. The lowest BCUT2D eigenvalue weighted by molar-refractivity contribution is -0.117. The van der Waals surface area contributed by atoms with Gasteiger partial charge in [-0.3, -0.25) is 4.79 Å². The molecule has 1 aliphatic rings. The fourth-order valence-electron chi connectivity index (χ4n) is 3.59. The minimum absolute atomic E-state index is 0.106. The normalized spacial score (nSPS) is 20.0. The third-order valence-corrected chi connectivity index (χ3v) is 4.85. The van der Waals surface area contributed by atoms with Gasteiger partial charge in [-0.15, -0.1) is 0 Å². The Kier molecular flexibility index (Phi) is 4.61. The van der Waals surface area contributed by atoms with Crippen LogP contribution in [0.3, 0.4) is 0 Å². The number of carbonyl (C=O) groups excluding carboxylic acids is 1. The minimum Gasteiger partial charge on any atom is -0.378 e. The molecule has 2 aromatic rings. The summed E-state index contributed by atoms with van der Waals surface area (Å²) in [6, 6.07) is 17.3. The Labute approximate surface area is 144 Å². The first kappa shape index (κ1) is 16.6. The van der Waals surface area contributed by atoms with Gasteiger partial charge >= 0.3 is 0 Å². The molecular formula is C21H26N2O. The minimum atomic E-state index is 0.106. The molecule has 0 radical (unpaired) electrons. The van der Waals surface area contributed by atoms with Gasteiger partial charge in [-0.05, 0) is 48.6 Å². The number of carbonyl (C=O) groups is 1. The monoisotopic (exact) mass is 322 g/mol. The van der Waals surface area contributed by atoms with Gasteiger partial charge in [-0.2, -0.15) is 0 Å². The highest BCUT2D eigenvalue weighted by atomic mass is 16.2. The van der Waals surface area contributed by atoms with Gasteiger partial charge in [-0.1, -0.05) is 44.2 Å². The molecule has 126 valence electrons. The molecule has 1 aliphatic heterocycles. The van der Waals surface area contributed by atoms with E-state index in [1.807, 2.05) is 23.1 Å². The van der Waals surface area contributed by atoms with Crippen LogP contribution in [0.1, 0.15) is 57.2 Å². The summed E-state index contributed by atoms with van der Waals surface area (Å²) >= 11 is 0. The molecule has 1 heterocycles. The predicted octanol–water partition coefficient (Wildman–Crippen LogP) is 5.11. The summed E-state index contributed by atoms with van der Waals surface area (Å²) < 4.78 is 0. The molecule has 0 spiro atoms. The van der Waals surface area contributed by atoms with Crippen molar-refractivity contribution in [2.45, 2.75) is 52.1 Å². The zero-order chi connectivity index (χ0) is 17.3. The number of amides is 1. The third-order valence-electron chi connectivity index (χ3n) is 4.85. The van der Waals surface area contributed by atoms with Crippen LogP contribution in [0.15, 0.2) is 48.5 Å². The predicted molar refractivity (Wildman–Crippen MR) is 101 cm³/mol. The Morgan fingerprint density at radius 2 is 1.79 bits per heavy atom. The van der Waals surface area contributed by atoms with Gasteiger partial charge in [-0.25, -0.2) is 0 Å². The van der Waals surface area contributed by atoms with Crippen LogP contribution in [0.2, 0.25) is 0 Å². The smallest absolute Gasteiger partial charge is 0.224 e. The molecule has 2 unspecified atom stereocenters. The summed E-state index contributed by atoms with van der Waals surface area (Å²) in [4.78, 5) is 14.0. The molecule has 1 amide bonds. The number of nitrogens with one attached hydrogen (secondary N) is 1. The highest BCUT2D eigenvalue weighted by Gasteiger charge is 2.31. The zero-order valence-corrected chi connectivity index (χ0v) is 14.9. The second-order valence-corrected chi connectivity index (χ2v) is 7.01. The molecule has 3 heteroatoms. The Balaban J connectivity index is 1.88. The lowest BCUT2D eigenvalue weighted by Crippen LogP contribution is -2.43. The summed E-state index contributed by atoms with van der Waals surface area (Å²) in [5.74, 6) is 0.647. The van der Waals surface area contributed by atoms with E-state index in [1.165, 1.54) is 11.1 Å². The molecule has 1 N–H and O–H groups in total. The quantitative estimate of drug-likeness (QED) is 0.852. The number of rotatable bonds is 3. The molecule has 2 aromatic carbocycles. The molecule has 0 saturated heterocycles. The summed E-state index contributed by atoms with van der Waals surface area (Å²) in [7, 11) is 0. The van der Waals surface area contributed by atoms with Gasteiger partial charge < -0.3 is 10.2 Å². The van der Waals surface area contributed by atoms with Crippen molar-refractivity contribution in [2.24, 2.45) is 0 Å². The number of nitrogens with zero attached hydrogens (tertiary/aromatic N) is 1. The lowest BCUT2D eigenvalue weighted by Gasteiger charge is -2.39. The topological polar surface area (TPSA) is 32.3 Å². The van der Waals surface area contributed by atoms with Crippen LogP contribution in [0.5, 0.6) is 0 Å². The van der Waals surface area contributed by atoms with Crippen LogP contribution in [-0.2, 0) is 4.79 Å². The van der Waals surface area contributed by atoms with Crippen LogP contribution in [0.4, 0.5) is 11.4 Å². The van der Waals surface area contributed by atoms with E-state index >= 15 is 0 Å². The van der Waals surface area contributed by atoms with Crippen molar-refractivity contribution in [3.8, 4) is 0 Å². The van der Waals surface area contributed by atoms with Crippen LogP contribution in [0, 0.1) is 0 Å². The Morgan fingerprint density at radius 1 is 1.12 bits per heavy atom. The molecule has 3 nitrogen and oxygen atoms in total. The van der Waals surface area contributed by atoms with Crippen molar-refractivity contribution in [3.63, 3.8) is 0 Å². The van der Waals surface area contributed by atoms with E-state index in [-0.39, 0.29) is 18.0 Å². The van der Waals surface area contributed by atoms with E-state index in [0.29, 0.717) is 5.92 Å². The maximum Gasteiger partial charge on any atom is 0.224 e. The van der Waals surface area contributed by atoms with Crippen LogP contribution < -0.4 is 10.2 Å². The van der Waals surface area contributed by atoms with Crippen molar-refractivity contribution >= 4 is 17.3 Å². The van der Waals surface area contributed by atoms with Crippen molar-refractivity contribution in [1.82, 2.24) is 0 Å². The van der Waals surface area contributed by atoms with Crippen molar-refractivity contribution in [3.05, 3.63) is 59.7 Å². The Hall–Kier alpha value is -2.29. The largest absolute Gasteiger partial charge is 0.378 e. The molecule has 24 heavy (non-hydrogen) atoms. The lowest BCUT2D eigenvalue weighted by atomic mass is 9.91. The molecular weight excluding hydrogens is 296 g/mol. The number of fused-ring (bicyclic) bond motifs is 1. The average molecular weight is 322 g/mol. The zero-order valence-electron chi connectivity index (χ0n) is 14.9. The third kappa shape index (κ3) is 3.16. The van der Waals surface area contributed by atoms with Gasteiger partial charge in [0.05, 0.1) is 6.04 Å². The standard InChI is InChI=1S/C21H26N2O/c1-14(2)17-9-11-18(12-10-17)22-20-13-15(3)23(16(4)24)21-8-6-5-7-19(20)21/h5-12,14-15,20,22H,13H2,1-4H3. The molecule has 0 aliphatic carbocycles. The molecule has 0 fully saturated rings. The van der Waals surface area contributed by atoms with Gasteiger partial charge in [0.2, 0.25) is 5.91 Å². The molecule has 2 atom stereocenters. The van der Waals surface area contributed by atoms with Crippen LogP contribution >= 0.6 is 0 Å². The Morgan fingerprint density at radius 3 is 2.42 bits per heavy atom. The SMILES string of the molecule is CC(=O)N1c2ccccc2C(Nc2ccc(C(C)C)cc2)CC1C. The first-order valence-corrected chi connectivity index (χ1v) is 8.72. The number of hydrogen-bond acceptors (Lipinski definition) is 2. The van der Waals surface area contributed by atoms with E-state index in [4.69, 9.17) is 0 Å². The summed E-state index contributed by atoms with van der Waals surface area (Å²) in [6.45, 7) is 8.18. The first-order valence-electron chi connectivity index (χ1n) is 8.72. The fourth-order valence-corrected chi connectivity index (χ4v) is 3.59. The van der Waals surface area contributed by atoms with Crippen molar-refractivity contribution < 1.29 is 4.79 Å². The van der Waals surface area contributed by atoms with Crippen LogP contribution in [-0.4, -0.2) is 11.9 Å². The van der Waals surface area contributed by atoms with E-state index in [2.05, 4.69) is 56.4 Å². The van der Waals surface area contributed by atoms with E-state index < -0.39 is 0 Å². The fraction of sp³-hybridized carbons (Fsp3) is 0.381. The van der Waals surface area contributed by atoms with E-state index in [9.17, 15) is 4.79 Å². The number of anilines is 2. The molecule has 3 rings (SSSR count). The van der Waals surface area contributed by atoms with E-state index in [1.54, 1.807) is 6.92 Å². The van der Waals surface area contributed by atoms with E-state index in [0.717, 1.165) is 17.8 Å². The summed E-state index contributed by atoms with van der Waals surface area (Å²) in [5.41, 5.74) is 4.70. The number of benzene rings is 2. The van der Waals surface area contributed by atoms with Crippen molar-refractivity contribution in [1.29, 1.82) is 0 Å². The highest BCUT2D eigenvalue weighted by Crippen LogP contribution is 2.38. The highest BCUT2D eigenvalue weighted by molar-refractivity contribution is 5.93. The van der Waals surface area contributed by atoms with Gasteiger partial charge in [0, 0.05) is 24.3 Å². The average Bonchev–Trinajstić information content (AvgIpc) is 2.55. The summed E-state index contributed by atoms with van der Waals surface area (Å²) in [6.07, 6.45) is 0.905. The van der Waals surface area contributed by atoms with Gasteiger partial charge in [0.25, 0.3) is 0 Å². The van der Waals surface area contributed by atoms with Crippen LogP contribution in [0.25, 0.3) is 0 Å². The van der Waals surface area contributed by atoms with Gasteiger partial charge in [0.1, 0.15) is 0 Å². The number of hydrogen-bond donors (Lipinski definition) is 1. The summed E-state index contributed by atoms with van der Waals surface area (Å²) in [5, 5.41) is 3.66. The second kappa shape index (κ2) is 6.68. The molecule has 0 saturated carbocycles. The maximum absolute atomic E-state index is 12.0. The van der Waals surface area contributed by atoms with Crippen molar-refractivity contribution in [2.75, 3.05) is 10.2 Å². The maximum atomic E-state index is 12.0. The first-order chi connectivity index (χ1) is 11.5. The Bertz CT molecular complexity index is 721. The van der Waals surface area contributed by atoms with Gasteiger partial charge in [0.15, 0.2) is 0 Å². The second-order valence-electron chi connectivity index (χ2n) is 7.01. The number of para-hydroxylation sites is 1.